The molecule has 1 unspecified atom stereocenters. The maximum Gasteiger partial charge on any atom is 0.229 e. The van der Waals surface area contributed by atoms with E-state index in [4.69, 9.17) is 10.5 Å². The van der Waals surface area contributed by atoms with Crippen LogP contribution in [0, 0.1) is 0 Å². The molecule has 2 N–H and O–H groups in total. The summed E-state index contributed by atoms with van der Waals surface area (Å²) in [6, 6.07) is 0. The van der Waals surface area contributed by atoms with E-state index < -0.39 is 0 Å². The van der Waals surface area contributed by atoms with E-state index in [-0.39, 0.29) is 12.1 Å². The minimum absolute atomic E-state index is 0.256. The summed E-state index contributed by atoms with van der Waals surface area (Å²) in [4.78, 5) is 16.7. The van der Waals surface area contributed by atoms with Crippen molar-refractivity contribution in [1.82, 2.24) is 19.9 Å². The second kappa shape index (κ2) is 5.45. The normalized spacial score (nSPS) is 20.9. The Morgan fingerprint density at radius 3 is 2.83 bits per heavy atom. The Morgan fingerprint density at radius 1 is 1.39 bits per heavy atom. The van der Waals surface area contributed by atoms with E-state index in [0.717, 1.165) is 19.7 Å². The first-order chi connectivity index (χ1) is 8.54. The quantitative estimate of drug-likeness (QED) is 0.793. The summed E-state index contributed by atoms with van der Waals surface area (Å²) >= 11 is 0. The number of aromatic nitrogens is 3. The molecule has 2 rings (SSSR count). The number of nitrogen functional groups attached to an aromatic ring is 1. The summed E-state index contributed by atoms with van der Waals surface area (Å²) in [6.07, 6.45) is 0.256. The number of hydrogen-bond donors (Lipinski definition) is 1. The second-order valence-corrected chi connectivity index (χ2v) is 4.72. The molecule has 1 aliphatic rings. The molecule has 0 saturated carbocycles. The molecule has 0 radical (unpaired) electrons. The Bertz CT molecular complexity index is 411. The molecule has 1 aliphatic heterocycles. The van der Waals surface area contributed by atoms with Crippen LogP contribution in [0.4, 0.5) is 11.9 Å². The number of morpholine rings is 1. The Kier molecular flexibility index (Phi) is 3.93. The van der Waals surface area contributed by atoms with Gasteiger partial charge < -0.3 is 15.4 Å². The Labute approximate surface area is 107 Å². The molecule has 1 saturated heterocycles. The minimum atomic E-state index is 0.256. The fourth-order valence-corrected chi connectivity index (χ4v) is 1.93. The largest absolute Gasteiger partial charge is 0.376 e. The second-order valence-electron chi connectivity index (χ2n) is 4.72. The van der Waals surface area contributed by atoms with E-state index in [0.29, 0.717) is 18.3 Å². The van der Waals surface area contributed by atoms with E-state index in [1.165, 1.54) is 0 Å². The number of anilines is 2. The van der Waals surface area contributed by atoms with E-state index in [2.05, 4.69) is 26.8 Å². The van der Waals surface area contributed by atoms with Crippen LogP contribution < -0.4 is 10.6 Å². The molecule has 0 aliphatic carbocycles. The fourth-order valence-electron chi connectivity index (χ4n) is 1.93. The van der Waals surface area contributed by atoms with Gasteiger partial charge >= 0.3 is 0 Å². The number of nitrogens with zero attached hydrogens (tertiary/aromatic N) is 5. The molecule has 7 nitrogen and oxygen atoms in total. The van der Waals surface area contributed by atoms with E-state index >= 15 is 0 Å². The van der Waals surface area contributed by atoms with Crippen LogP contribution in [-0.2, 0) is 11.3 Å². The average molecular weight is 252 g/mol. The summed E-state index contributed by atoms with van der Waals surface area (Å²) in [7, 11) is 3.77. The summed E-state index contributed by atoms with van der Waals surface area (Å²) < 4.78 is 5.50. The van der Waals surface area contributed by atoms with Gasteiger partial charge in [0.1, 0.15) is 5.82 Å². The van der Waals surface area contributed by atoms with Gasteiger partial charge in [-0.15, -0.1) is 0 Å². The van der Waals surface area contributed by atoms with Gasteiger partial charge in [0.25, 0.3) is 0 Å². The van der Waals surface area contributed by atoms with Crippen LogP contribution in [0.25, 0.3) is 0 Å². The predicted octanol–water partition coefficient (Wildman–Crippen LogP) is -0.259. The molecule has 1 fully saturated rings. The van der Waals surface area contributed by atoms with Crippen molar-refractivity contribution >= 4 is 11.9 Å². The van der Waals surface area contributed by atoms with Crippen molar-refractivity contribution in [3.05, 3.63) is 5.82 Å². The molecule has 100 valence electrons. The molecule has 0 aromatic carbocycles. The van der Waals surface area contributed by atoms with Crippen LogP contribution in [0.5, 0.6) is 0 Å². The van der Waals surface area contributed by atoms with Crippen LogP contribution in [0.3, 0.4) is 0 Å². The summed E-state index contributed by atoms with van der Waals surface area (Å²) in [5.41, 5.74) is 5.70. The fraction of sp³-hybridized carbons (Fsp3) is 0.727. The van der Waals surface area contributed by atoms with Gasteiger partial charge in [-0.3, -0.25) is 4.90 Å². The minimum Gasteiger partial charge on any atom is -0.376 e. The molecular formula is C11H20N6O. The molecule has 0 bridgehead atoms. The zero-order valence-electron chi connectivity index (χ0n) is 11.1. The highest BCUT2D eigenvalue weighted by Gasteiger charge is 2.18. The van der Waals surface area contributed by atoms with Crippen molar-refractivity contribution in [2.24, 2.45) is 0 Å². The molecule has 1 atom stereocenters. The maximum atomic E-state index is 5.70. The molecule has 18 heavy (non-hydrogen) atoms. The van der Waals surface area contributed by atoms with Gasteiger partial charge in [0.15, 0.2) is 0 Å². The molecule has 7 heteroatoms. The van der Waals surface area contributed by atoms with Crippen molar-refractivity contribution in [3.8, 4) is 0 Å². The first kappa shape index (κ1) is 13.0. The third kappa shape index (κ3) is 3.27. The lowest BCUT2D eigenvalue weighted by molar-refractivity contribution is -0.0219. The van der Waals surface area contributed by atoms with Crippen molar-refractivity contribution in [3.63, 3.8) is 0 Å². The molecule has 0 spiro atoms. The van der Waals surface area contributed by atoms with Crippen LogP contribution in [0.2, 0.25) is 0 Å². The molecule has 1 aromatic rings. The van der Waals surface area contributed by atoms with Crippen molar-refractivity contribution < 1.29 is 4.74 Å². The molecule has 2 heterocycles. The lowest BCUT2D eigenvalue weighted by Gasteiger charge is -2.30. The van der Waals surface area contributed by atoms with E-state index in [1.807, 2.05) is 19.0 Å². The first-order valence-corrected chi connectivity index (χ1v) is 6.06. The van der Waals surface area contributed by atoms with Crippen LogP contribution in [-0.4, -0.2) is 59.7 Å². The van der Waals surface area contributed by atoms with Crippen molar-refractivity contribution in [2.75, 3.05) is 44.4 Å². The Balaban J connectivity index is 2.08. The highest BCUT2D eigenvalue weighted by molar-refractivity contribution is 5.32. The van der Waals surface area contributed by atoms with Gasteiger partial charge in [-0.25, -0.2) is 0 Å². The van der Waals surface area contributed by atoms with E-state index in [1.54, 1.807) is 0 Å². The van der Waals surface area contributed by atoms with Gasteiger partial charge in [0.2, 0.25) is 11.9 Å². The summed E-state index contributed by atoms with van der Waals surface area (Å²) in [5.74, 6) is 1.57. The number of ether oxygens (including phenoxy) is 1. The van der Waals surface area contributed by atoms with Crippen molar-refractivity contribution in [1.29, 1.82) is 0 Å². The molecular weight excluding hydrogens is 232 g/mol. The third-order valence-corrected chi connectivity index (χ3v) is 2.78. The number of rotatable bonds is 3. The van der Waals surface area contributed by atoms with E-state index in [9.17, 15) is 0 Å². The Hall–Kier alpha value is -1.47. The van der Waals surface area contributed by atoms with Gasteiger partial charge in [0.05, 0.1) is 19.3 Å². The van der Waals surface area contributed by atoms with Crippen LogP contribution in [0.15, 0.2) is 0 Å². The smallest absolute Gasteiger partial charge is 0.229 e. The first-order valence-electron chi connectivity index (χ1n) is 6.06. The lowest BCUT2D eigenvalue weighted by atomic mass is 10.3. The third-order valence-electron chi connectivity index (χ3n) is 2.78. The topological polar surface area (TPSA) is 80.4 Å². The standard InChI is InChI=1S/C11H20N6O/c1-8-6-17(4-5-18-8)7-9-13-10(12)15-11(14-9)16(2)3/h8H,4-7H2,1-3H3,(H2,12,13,14,15). The zero-order valence-corrected chi connectivity index (χ0v) is 11.1. The zero-order chi connectivity index (χ0) is 13.1. The molecule has 0 amide bonds. The highest BCUT2D eigenvalue weighted by atomic mass is 16.5. The lowest BCUT2D eigenvalue weighted by Crippen LogP contribution is -2.40. The van der Waals surface area contributed by atoms with Gasteiger partial charge in [0, 0.05) is 27.2 Å². The summed E-state index contributed by atoms with van der Waals surface area (Å²) in [6.45, 7) is 5.29. The number of hydrogen-bond acceptors (Lipinski definition) is 7. The van der Waals surface area contributed by atoms with Gasteiger partial charge in [-0.05, 0) is 6.92 Å². The predicted molar refractivity (Wildman–Crippen MR) is 69.3 cm³/mol. The molecule has 1 aromatic heterocycles. The van der Waals surface area contributed by atoms with Gasteiger partial charge in [-0.2, -0.15) is 15.0 Å². The SMILES string of the molecule is CC1CN(Cc2nc(N)nc(N(C)C)n2)CCO1. The highest BCUT2D eigenvalue weighted by Crippen LogP contribution is 2.10. The van der Waals surface area contributed by atoms with Crippen LogP contribution in [0.1, 0.15) is 12.7 Å². The maximum absolute atomic E-state index is 5.70. The monoisotopic (exact) mass is 252 g/mol. The van der Waals surface area contributed by atoms with Crippen molar-refractivity contribution in [2.45, 2.75) is 19.6 Å². The average Bonchev–Trinajstić information content (AvgIpc) is 2.28. The Morgan fingerprint density at radius 2 is 2.17 bits per heavy atom. The van der Waals surface area contributed by atoms with Gasteiger partial charge in [-0.1, -0.05) is 0 Å². The van der Waals surface area contributed by atoms with Crippen LogP contribution >= 0.6 is 0 Å². The summed E-state index contributed by atoms with van der Waals surface area (Å²) in [5, 5.41) is 0. The number of nitrogens with two attached hydrogens (primary N) is 1.